The van der Waals surface area contributed by atoms with Crippen LogP contribution >= 0.6 is 0 Å². The summed E-state index contributed by atoms with van der Waals surface area (Å²) in [6.07, 6.45) is 0.395. The van der Waals surface area contributed by atoms with E-state index in [-0.39, 0.29) is 5.91 Å². The lowest BCUT2D eigenvalue weighted by Crippen LogP contribution is -2.12. The van der Waals surface area contributed by atoms with Crippen molar-refractivity contribution < 1.29 is 4.79 Å². The first-order valence-electron chi connectivity index (χ1n) is 7.81. The van der Waals surface area contributed by atoms with Gasteiger partial charge >= 0.3 is 0 Å². The third-order valence-corrected chi connectivity index (χ3v) is 3.39. The zero-order chi connectivity index (χ0) is 16.8. The van der Waals surface area contributed by atoms with Gasteiger partial charge in [-0.1, -0.05) is 55.5 Å². The van der Waals surface area contributed by atoms with Crippen molar-refractivity contribution >= 4 is 23.2 Å². The topological polar surface area (TPSA) is 66.9 Å². The van der Waals surface area contributed by atoms with Gasteiger partial charge in [-0.2, -0.15) is 0 Å². The van der Waals surface area contributed by atoms with Gasteiger partial charge in [-0.15, -0.1) is 0 Å². The molecule has 0 bridgehead atoms. The van der Waals surface area contributed by atoms with Gasteiger partial charge in [0.15, 0.2) is 5.82 Å². The van der Waals surface area contributed by atoms with Crippen LogP contribution in [0.2, 0.25) is 0 Å². The zero-order valence-electron chi connectivity index (χ0n) is 13.4. The highest BCUT2D eigenvalue weighted by Gasteiger charge is 2.09. The molecular formula is C19H18N4O. The Kier molecular flexibility index (Phi) is 4.81. The minimum absolute atomic E-state index is 0.0848. The Morgan fingerprint density at radius 2 is 1.54 bits per heavy atom. The number of carbonyl (C=O) groups is 1. The molecule has 2 N–H and O–H groups in total. The average Bonchev–Trinajstić information content (AvgIpc) is 2.63. The maximum absolute atomic E-state index is 11.7. The highest BCUT2D eigenvalue weighted by Crippen LogP contribution is 2.22. The highest BCUT2D eigenvalue weighted by atomic mass is 16.1. The maximum Gasteiger partial charge on any atom is 0.225 e. The molecule has 24 heavy (non-hydrogen) atoms. The normalized spacial score (nSPS) is 10.2. The number of amides is 1. The van der Waals surface area contributed by atoms with Gasteiger partial charge < -0.3 is 10.6 Å². The van der Waals surface area contributed by atoms with Crippen LogP contribution in [0.1, 0.15) is 13.3 Å². The van der Waals surface area contributed by atoms with Crippen LogP contribution < -0.4 is 10.6 Å². The number of benzene rings is 2. The number of carbonyl (C=O) groups excluding carboxylic acids is 1. The van der Waals surface area contributed by atoms with Crippen LogP contribution in [-0.2, 0) is 4.79 Å². The van der Waals surface area contributed by atoms with E-state index in [0.717, 1.165) is 11.3 Å². The van der Waals surface area contributed by atoms with Gasteiger partial charge in [0.1, 0.15) is 11.6 Å². The smallest absolute Gasteiger partial charge is 0.225 e. The monoisotopic (exact) mass is 318 g/mol. The second-order valence-electron chi connectivity index (χ2n) is 5.22. The molecule has 120 valence electrons. The van der Waals surface area contributed by atoms with Crippen molar-refractivity contribution in [2.75, 3.05) is 10.6 Å². The van der Waals surface area contributed by atoms with Crippen LogP contribution in [0.4, 0.5) is 17.3 Å². The molecule has 0 aliphatic heterocycles. The molecule has 0 atom stereocenters. The van der Waals surface area contributed by atoms with Crippen molar-refractivity contribution in [1.82, 2.24) is 9.97 Å². The fourth-order valence-electron chi connectivity index (χ4n) is 2.19. The lowest BCUT2D eigenvalue weighted by Gasteiger charge is -2.11. The summed E-state index contributed by atoms with van der Waals surface area (Å²) in [6, 6.07) is 21.2. The van der Waals surface area contributed by atoms with Gasteiger partial charge in [-0.25, -0.2) is 9.97 Å². The van der Waals surface area contributed by atoms with E-state index >= 15 is 0 Å². The molecule has 3 aromatic rings. The molecule has 1 heterocycles. The fourth-order valence-corrected chi connectivity index (χ4v) is 2.19. The summed E-state index contributed by atoms with van der Waals surface area (Å²) in [7, 11) is 0. The van der Waals surface area contributed by atoms with Gasteiger partial charge in [0, 0.05) is 23.7 Å². The van der Waals surface area contributed by atoms with Gasteiger partial charge in [0.25, 0.3) is 0 Å². The molecule has 0 radical (unpaired) electrons. The van der Waals surface area contributed by atoms with Crippen LogP contribution in [0.25, 0.3) is 11.4 Å². The molecule has 0 fully saturated rings. The summed E-state index contributed by atoms with van der Waals surface area (Å²) in [5, 5.41) is 6.04. The van der Waals surface area contributed by atoms with Crippen LogP contribution in [0.5, 0.6) is 0 Å². The molecule has 0 aliphatic carbocycles. The largest absolute Gasteiger partial charge is 0.340 e. The first-order valence-corrected chi connectivity index (χ1v) is 7.81. The standard InChI is InChI=1S/C19H18N4O/c1-2-18(24)21-17-13-16(20-15-11-7-4-8-12-15)22-19(23-17)14-9-5-3-6-10-14/h3-13H,2H2,1H3,(H2,20,21,22,23,24). The number of hydrogen-bond donors (Lipinski definition) is 2. The summed E-state index contributed by atoms with van der Waals surface area (Å²) in [6.45, 7) is 1.80. The third kappa shape index (κ3) is 3.95. The lowest BCUT2D eigenvalue weighted by atomic mass is 10.2. The highest BCUT2D eigenvalue weighted by molar-refractivity contribution is 5.90. The molecule has 0 aliphatic rings. The molecule has 5 heteroatoms. The second-order valence-corrected chi connectivity index (χ2v) is 5.22. The number of para-hydroxylation sites is 1. The summed E-state index contributed by atoms with van der Waals surface area (Å²) >= 11 is 0. The summed E-state index contributed by atoms with van der Waals surface area (Å²) in [4.78, 5) is 20.7. The SMILES string of the molecule is CCC(=O)Nc1cc(Nc2ccccc2)nc(-c2ccccc2)n1. The van der Waals surface area contributed by atoms with E-state index in [2.05, 4.69) is 20.6 Å². The zero-order valence-corrected chi connectivity index (χ0v) is 13.4. The molecule has 1 amide bonds. The molecule has 3 rings (SSSR count). The molecule has 1 aromatic heterocycles. The predicted molar refractivity (Wildman–Crippen MR) is 96.1 cm³/mol. The lowest BCUT2D eigenvalue weighted by molar-refractivity contribution is -0.115. The number of nitrogens with one attached hydrogen (secondary N) is 2. The number of rotatable bonds is 5. The van der Waals surface area contributed by atoms with Gasteiger partial charge in [-0.3, -0.25) is 4.79 Å². The van der Waals surface area contributed by atoms with E-state index in [9.17, 15) is 4.79 Å². The molecule has 0 saturated heterocycles. The van der Waals surface area contributed by atoms with E-state index in [1.165, 1.54) is 0 Å². The van der Waals surface area contributed by atoms with Crippen molar-refractivity contribution in [1.29, 1.82) is 0 Å². The maximum atomic E-state index is 11.7. The van der Waals surface area contributed by atoms with Crippen LogP contribution in [-0.4, -0.2) is 15.9 Å². The molecule has 5 nitrogen and oxygen atoms in total. The third-order valence-electron chi connectivity index (χ3n) is 3.39. The molecule has 0 unspecified atom stereocenters. The van der Waals surface area contributed by atoms with Crippen LogP contribution in [0.15, 0.2) is 66.7 Å². The molecule has 2 aromatic carbocycles. The Balaban J connectivity index is 1.97. The number of hydrogen-bond acceptors (Lipinski definition) is 4. The van der Waals surface area contributed by atoms with Crippen molar-refractivity contribution in [3.05, 3.63) is 66.7 Å². The van der Waals surface area contributed by atoms with E-state index in [1.807, 2.05) is 60.7 Å². The van der Waals surface area contributed by atoms with E-state index in [0.29, 0.717) is 23.9 Å². The fraction of sp³-hybridized carbons (Fsp3) is 0.105. The molecular weight excluding hydrogens is 300 g/mol. The van der Waals surface area contributed by atoms with Gasteiger partial charge in [0.2, 0.25) is 5.91 Å². The van der Waals surface area contributed by atoms with Crippen LogP contribution in [0, 0.1) is 0 Å². The molecule has 0 spiro atoms. The minimum atomic E-state index is -0.0848. The first kappa shape index (κ1) is 15.7. The number of aromatic nitrogens is 2. The Bertz CT molecular complexity index is 819. The van der Waals surface area contributed by atoms with Crippen molar-refractivity contribution in [2.45, 2.75) is 13.3 Å². The van der Waals surface area contributed by atoms with Gasteiger partial charge in [0.05, 0.1) is 0 Å². The second kappa shape index (κ2) is 7.37. The van der Waals surface area contributed by atoms with E-state index in [1.54, 1.807) is 13.0 Å². The Morgan fingerprint density at radius 3 is 2.21 bits per heavy atom. The first-order chi connectivity index (χ1) is 11.7. The minimum Gasteiger partial charge on any atom is -0.340 e. The van der Waals surface area contributed by atoms with Crippen LogP contribution in [0.3, 0.4) is 0 Å². The van der Waals surface area contributed by atoms with Crippen molar-refractivity contribution in [3.8, 4) is 11.4 Å². The van der Waals surface area contributed by atoms with Gasteiger partial charge in [-0.05, 0) is 12.1 Å². The Labute approximate surface area is 140 Å². The summed E-state index contributed by atoms with van der Waals surface area (Å²) in [5.74, 6) is 1.58. The van der Waals surface area contributed by atoms with E-state index in [4.69, 9.17) is 0 Å². The number of anilines is 3. The average molecular weight is 318 g/mol. The number of nitrogens with zero attached hydrogens (tertiary/aromatic N) is 2. The predicted octanol–water partition coefficient (Wildman–Crippen LogP) is 4.24. The summed E-state index contributed by atoms with van der Waals surface area (Å²) in [5.41, 5.74) is 1.81. The van der Waals surface area contributed by atoms with E-state index < -0.39 is 0 Å². The Hall–Kier alpha value is -3.21. The quantitative estimate of drug-likeness (QED) is 0.738. The Morgan fingerprint density at radius 1 is 0.917 bits per heavy atom. The molecule has 0 saturated carbocycles. The van der Waals surface area contributed by atoms with Crippen molar-refractivity contribution in [3.63, 3.8) is 0 Å². The van der Waals surface area contributed by atoms with Crippen molar-refractivity contribution in [2.24, 2.45) is 0 Å². The summed E-state index contributed by atoms with van der Waals surface area (Å²) < 4.78 is 0.